The second kappa shape index (κ2) is 8.86. The molecule has 0 atom stereocenters. The summed E-state index contributed by atoms with van der Waals surface area (Å²) >= 11 is 5.97. The second-order valence-electron chi connectivity index (χ2n) is 6.55. The van der Waals surface area contributed by atoms with Crippen LogP contribution in [0.2, 0.25) is 5.02 Å². The molecule has 136 valence electrons. The largest absolute Gasteiger partial charge is 0.339 e. The summed E-state index contributed by atoms with van der Waals surface area (Å²) in [7, 11) is 0. The average Bonchev–Trinajstić information content (AvgIpc) is 2.67. The quantitative estimate of drug-likeness (QED) is 0.811. The lowest BCUT2D eigenvalue weighted by molar-refractivity contribution is -0.139. The van der Waals surface area contributed by atoms with Crippen molar-refractivity contribution in [2.45, 2.75) is 19.3 Å². The third-order valence-electron chi connectivity index (χ3n) is 4.70. The molecule has 2 aromatic carbocycles. The molecule has 1 aliphatic rings. The van der Waals surface area contributed by atoms with Crippen LogP contribution in [-0.2, 0) is 22.4 Å². The summed E-state index contributed by atoms with van der Waals surface area (Å²) in [6, 6.07) is 17.4. The van der Waals surface area contributed by atoms with Crippen molar-refractivity contribution in [1.82, 2.24) is 9.80 Å². The highest BCUT2D eigenvalue weighted by Crippen LogP contribution is 2.13. The van der Waals surface area contributed by atoms with Gasteiger partial charge in [0.25, 0.3) is 0 Å². The zero-order chi connectivity index (χ0) is 18.4. The molecule has 5 heteroatoms. The minimum atomic E-state index is 0.0867. The van der Waals surface area contributed by atoms with Crippen LogP contribution in [0.4, 0.5) is 0 Å². The molecule has 1 saturated heterocycles. The van der Waals surface area contributed by atoms with Crippen molar-refractivity contribution in [2.24, 2.45) is 0 Å². The highest BCUT2D eigenvalue weighted by molar-refractivity contribution is 6.30. The first-order valence-electron chi connectivity index (χ1n) is 8.96. The van der Waals surface area contributed by atoms with Gasteiger partial charge in [0.05, 0.1) is 6.42 Å². The van der Waals surface area contributed by atoms with Crippen molar-refractivity contribution in [3.8, 4) is 0 Å². The van der Waals surface area contributed by atoms with Crippen LogP contribution < -0.4 is 0 Å². The lowest BCUT2D eigenvalue weighted by Gasteiger charge is -2.35. The number of piperazine rings is 1. The Balaban J connectivity index is 1.44. The molecule has 3 rings (SSSR count). The zero-order valence-corrected chi connectivity index (χ0v) is 15.5. The summed E-state index contributed by atoms with van der Waals surface area (Å²) in [5.74, 6) is 0.249. The fraction of sp³-hybridized carbons (Fsp3) is 0.333. The number of benzene rings is 2. The van der Waals surface area contributed by atoms with Crippen LogP contribution in [-0.4, -0.2) is 47.8 Å². The van der Waals surface area contributed by atoms with E-state index in [1.165, 1.54) is 5.56 Å². The van der Waals surface area contributed by atoms with Gasteiger partial charge in [0, 0.05) is 37.6 Å². The number of carbonyl (C=O) groups excluding carboxylic acids is 2. The maximum atomic E-state index is 12.4. The zero-order valence-electron chi connectivity index (χ0n) is 14.7. The highest BCUT2D eigenvalue weighted by atomic mass is 35.5. The monoisotopic (exact) mass is 370 g/mol. The Bertz CT molecular complexity index is 756. The van der Waals surface area contributed by atoms with Gasteiger partial charge in [-0.05, 0) is 29.7 Å². The van der Waals surface area contributed by atoms with E-state index in [1.807, 2.05) is 58.3 Å². The Hall–Kier alpha value is -2.33. The molecule has 0 saturated carbocycles. The van der Waals surface area contributed by atoms with Crippen molar-refractivity contribution in [2.75, 3.05) is 26.2 Å². The summed E-state index contributed by atoms with van der Waals surface area (Å²) in [4.78, 5) is 28.5. The fourth-order valence-corrected chi connectivity index (χ4v) is 3.41. The molecule has 0 aromatic heterocycles. The number of carbonyl (C=O) groups is 2. The molecular formula is C21H23ClN2O2. The van der Waals surface area contributed by atoms with Gasteiger partial charge < -0.3 is 9.80 Å². The van der Waals surface area contributed by atoms with E-state index in [0.29, 0.717) is 44.0 Å². The highest BCUT2D eigenvalue weighted by Gasteiger charge is 2.23. The summed E-state index contributed by atoms with van der Waals surface area (Å²) in [6.07, 6.45) is 1.62. The van der Waals surface area contributed by atoms with E-state index in [4.69, 9.17) is 11.6 Å². The first-order valence-corrected chi connectivity index (χ1v) is 9.33. The Kier molecular flexibility index (Phi) is 6.29. The van der Waals surface area contributed by atoms with Gasteiger partial charge >= 0.3 is 0 Å². The number of hydrogen-bond acceptors (Lipinski definition) is 2. The third kappa shape index (κ3) is 5.09. The van der Waals surface area contributed by atoms with E-state index < -0.39 is 0 Å². The molecule has 26 heavy (non-hydrogen) atoms. The summed E-state index contributed by atoms with van der Waals surface area (Å²) in [6.45, 7) is 2.40. The van der Waals surface area contributed by atoms with Crippen LogP contribution >= 0.6 is 11.6 Å². The number of hydrogen-bond donors (Lipinski definition) is 0. The van der Waals surface area contributed by atoms with E-state index >= 15 is 0 Å². The molecule has 2 aromatic rings. The second-order valence-corrected chi connectivity index (χ2v) is 6.99. The van der Waals surface area contributed by atoms with Gasteiger partial charge in [-0.2, -0.15) is 0 Å². The Morgan fingerprint density at radius 3 is 2.08 bits per heavy atom. The summed E-state index contributed by atoms with van der Waals surface area (Å²) in [5, 5.41) is 0.643. The molecule has 0 bridgehead atoms. The smallest absolute Gasteiger partial charge is 0.227 e. The summed E-state index contributed by atoms with van der Waals surface area (Å²) < 4.78 is 0. The Morgan fingerprint density at radius 2 is 1.42 bits per heavy atom. The predicted molar refractivity (Wildman–Crippen MR) is 103 cm³/mol. The average molecular weight is 371 g/mol. The summed E-state index contributed by atoms with van der Waals surface area (Å²) in [5.41, 5.74) is 2.10. The molecule has 0 spiro atoms. The van der Waals surface area contributed by atoms with Crippen molar-refractivity contribution in [3.05, 3.63) is 70.7 Å². The normalized spacial score (nSPS) is 14.3. The van der Waals surface area contributed by atoms with Crippen molar-refractivity contribution in [3.63, 3.8) is 0 Å². The van der Waals surface area contributed by atoms with Gasteiger partial charge in [-0.1, -0.05) is 54.1 Å². The molecular weight excluding hydrogens is 348 g/mol. The Labute approximate surface area is 159 Å². The fourth-order valence-electron chi connectivity index (χ4n) is 3.19. The van der Waals surface area contributed by atoms with Crippen LogP contribution in [0.15, 0.2) is 54.6 Å². The topological polar surface area (TPSA) is 40.6 Å². The van der Waals surface area contributed by atoms with E-state index in [-0.39, 0.29) is 11.8 Å². The molecule has 0 N–H and O–H groups in total. The lowest BCUT2D eigenvalue weighted by Crippen LogP contribution is -2.51. The molecule has 1 heterocycles. The van der Waals surface area contributed by atoms with Gasteiger partial charge in [-0.3, -0.25) is 9.59 Å². The molecule has 0 unspecified atom stereocenters. The van der Waals surface area contributed by atoms with Crippen molar-refractivity contribution < 1.29 is 9.59 Å². The molecule has 1 fully saturated rings. The van der Waals surface area contributed by atoms with Crippen LogP contribution in [0.25, 0.3) is 0 Å². The standard InChI is InChI=1S/C21H23ClN2O2/c22-19-8-4-7-18(15-19)16-21(26)24-13-11-23(12-14-24)20(25)10-9-17-5-2-1-3-6-17/h1-8,15H,9-14,16H2. The van der Waals surface area contributed by atoms with E-state index in [1.54, 1.807) is 6.07 Å². The maximum absolute atomic E-state index is 12.4. The van der Waals surface area contributed by atoms with Crippen LogP contribution in [0.3, 0.4) is 0 Å². The van der Waals surface area contributed by atoms with Crippen LogP contribution in [0, 0.1) is 0 Å². The van der Waals surface area contributed by atoms with Gasteiger partial charge in [0.15, 0.2) is 0 Å². The number of rotatable bonds is 5. The van der Waals surface area contributed by atoms with Crippen molar-refractivity contribution in [1.29, 1.82) is 0 Å². The molecule has 1 aliphatic heterocycles. The Morgan fingerprint density at radius 1 is 0.808 bits per heavy atom. The molecule has 2 amide bonds. The van der Waals surface area contributed by atoms with Gasteiger partial charge in [-0.25, -0.2) is 0 Å². The lowest BCUT2D eigenvalue weighted by atomic mass is 10.1. The third-order valence-corrected chi connectivity index (χ3v) is 4.93. The van der Waals surface area contributed by atoms with E-state index in [9.17, 15) is 9.59 Å². The number of nitrogens with zero attached hydrogens (tertiary/aromatic N) is 2. The first kappa shape index (κ1) is 18.5. The van der Waals surface area contributed by atoms with E-state index in [0.717, 1.165) is 12.0 Å². The van der Waals surface area contributed by atoms with Crippen LogP contribution in [0.1, 0.15) is 17.5 Å². The van der Waals surface area contributed by atoms with Crippen LogP contribution in [0.5, 0.6) is 0 Å². The van der Waals surface area contributed by atoms with Crippen molar-refractivity contribution >= 4 is 23.4 Å². The first-order chi connectivity index (χ1) is 12.6. The SMILES string of the molecule is O=C(CCc1ccccc1)N1CCN(C(=O)Cc2cccc(Cl)c2)CC1. The van der Waals surface area contributed by atoms with Gasteiger partial charge in [-0.15, -0.1) is 0 Å². The number of halogens is 1. The maximum Gasteiger partial charge on any atom is 0.227 e. The van der Waals surface area contributed by atoms with E-state index in [2.05, 4.69) is 0 Å². The number of aryl methyl sites for hydroxylation is 1. The van der Waals surface area contributed by atoms with Gasteiger partial charge in [0.2, 0.25) is 11.8 Å². The van der Waals surface area contributed by atoms with Gasteiger partial charge in [0.1, 0.15) is 0 Å². The molecule has 0 radical (unpaired) electrons. The minimum absolute atomic E-state index is 0.0867. The predicted octanol–water partition coefficient (Wildman–Crippen LogP) is 3.19. The molecule has 0 aliphatic carbocycles. The minimum Gasteiger partial charge on any atom is -0.339 e. The molecule has 4 nitrogen and oxygen atoms in total. The number of amides is 2.